The molecular weight excluding hydrogens is 362 g/mol. The van der Waals surface area contributed by atoms with Gasteiger partial charge in [0.2, 0.25) is 5.91 Å². The van der Waals surface area contributed by atoms with Gasteiger partial charge in [-0.3, -0.25) is 9.69 Å². The van der Waals surface area contributed by atoms with E-state index in [1.807, 2.05) is 10.3 Å². The first-order valence-electron chi connectivity index (χ1n) is 9.61. The summed E-state index contributed by atoms with van der Waals surface area (Å²) in [4.78, 5) is 20.7. The fourth-order valence-corrected chi connectivity index (χ4v) is 4.42. The largest absolute Gasteiger partial charge is 0.384 e. The number of aliphatic hydroxyl groups excluding tert-OH is 1. The van der Waals surface area contributed by atoms with Gasteiger partial charge >= 0.3 is 0 Å². The first kappa shape index (κ1) is 20.3. The Balaban J connectivity index is 1.58. The molecule has 1 aromatic rings. The van der Waals surface area contributed by atoms with Gasteiger partial charge in [0.05, 0.1) is 13.2 Å². The van der Waals surface area contributed by atoms with E-state index in [-0.39, 0.29) is 18.6 Å². The molecule has 2 fully saturated rings. The van der Waals surface area contributed by atoms with E-state index >= 15 is 0 Å². The molecule has 0 spiro atoms. The highest BCUT2D eigenvalue weighted by molar-refractivity contribution is 7.10. The Morgan fingerprint density at radius 1 is 1.33 bits per heavy atom. The minimum absolute atomic E-state index is 0.120. The van der Waals surface area contributed by atoms with E-state index in [2.05, 4.69) is 34.8 Å². The summed E-state index contributed by atoms with van der Waals surface area (Å²) >= 11 is 1.68. The molecule has 1 aromatic heterocycles. The quantitative estimate of drug-likeness (QED) is 0.771. The van der Waals surface area contributed by atoms with Crippen LogP contribution in [-0.2, 0) is 16.1 Å². The molecule has 0 saturated carbocycles. The Kier molecular flexibility index (Phi) is 7.68. The zero-order valence-electron chi connectivity index (χ0n) is 16.0. The van der Waals surface area contributed by atoms with E-state index in [1.165, 1.54) is 4.88 Å². The summed E-state index contributed by atoms with van der Waals surface area (Å²) in [6.45, 7) is 6.54. The van der Waals surface area contributed by atoms with Crippen LogP contribution in [0.2, 0.25) is 0 Å². The molecule has 148 valence electrons. The number of aliphatic hydroxyl groups is 1. The van der Waals surface area contributed by atoms with Crippen LogP contribution in [0.5, 0.6) is 0 Å². The van der Waals surface area contributed by atoms with Crippen molar-refractivity contribution in [2.24, 2.45) is 0 Å². The topological polar surface area (TPSA) is 56.2 Å². The Hall–Kier alpha value is -1.43. The lowest BCUT2D eigenvalue weighted by molar-refractivity contribution is -0.134. The third-order valence-electron chi connectivity index (χ3n) is 5.16. The summed E-state index contributed by atoms with van der Waals surface area (Å²) in [5, 5.41) is 10.8. The van der Waals surface area contributed by atoms with Crippen LogP contribution in [0.4, 0.5) is 0 Å². The van der Waals surface area contributed by atoms with Crippen molar-refractivity contribution < 1.29 is 14.6 Å². The standard InChI is InChI=1S/C20H29N3O3S/c1-21-5-3-6-22(8-7-21)20(25)13-18-15-26-11-9-23(18)14-19-12-17(16-27-19)4-2-10-24/h12,16,18,24H,3,5-11,13-15H2,1H3/t18-/m0/s1. The zero-order chi connectivity index (χ0) is 19.1. The van der Waals surface area contributed by atoms with Crippen LogP contribution in [0.15, 0.2) is 11.4 Å². The second-order valence-electron chi connectivity index (χ2n) is 7.20. The lowest BCUT2D eigenvalue weighted by Crippen LogP contribution is -2.48. The highest BCUT2D eigenvalue weighted by atomic mass is 32.1. The molecule has 6 nitrogen and oxygen atoms in total. The number of thiophene rings is 1. The van der Waals surface area contributed by atoms with Crippen molar-refractivity contribution in [2.45, 2.75) is 25.4 Å². The Morgan fingerprint density at radius 3 is 3.07 bits per heavy atom. The molecule has 1 N–H and O–H groups in total. The van der Waals surface area contributed by atoms with Gasteiger partial charge in [-0.05, 0) is 26.1 Å². The first-order valence-corrected chi connectivity index (χ1v) is 10.5. The number of ether oxygens (including phenoxy) is 1. The first-order chi connectivity index (χ1) is 13.2. The molecule has 0 aromatic carbocycles. The Labute approximate surface area is 165 Å². The SMILES string of the molecule is CN1CCCN(C(=O)C[C@H]2COCCN2Cc2cc(C#CCO)cs2)CC1. The highest BCUT2D eigenvalue weighted by Gasteiger charge is 2.28. The van der Waals surface area contributed by atoms with E-state index in [0.717, 1.165) is 51.3 Å². The summed E-state index contributed by atoms with van der Waals surface area (Å²) in [7, 11) is 2.12. The van der Waals surface area contributed by atoms with Crippen LogP contribution in [-0.4, -0.2) is 91.3 Å². The average Bonchev–Trinajstić information content (AvgIpc) is 2.99. The van der Waals surface area contributed by atoms with Crippen LogP contribution in [0.25, 0.3) is 0 Å². The maximum absolute atomic E-state index is 12.8. The van der Waals surface area contributed by atoms with Crippen molar-refractivity contribution in [3.8, 4) is 11.8 Å². The van der Waals surface area contributed by atoms with Crippen LogP contribution >= 0.6 is 11.3 Å². The number of amides is 1. The Bertz CT molecular complexity index is 682. The third kappa shape index (κ3) is 6.03. The van der Waals surface area contributed by atoms with Crippen molar-refractivity contribution in [3.63, 3.8) is 0 Å². The molecule has 0 bridgehead atoms. The van der Waals surface area contributed by atoms with E-state index in [0.29, 0.717) is 19.6 Å². The van der Waals surface area contributed by atoms with Crippen molar-refractivity contribution >= 4 is 17.2 Å². The highest BCUT2D eigenvalue weighted by Crippen LogP contribution is 2.21. The molecule has 0 radical (unpaired) electrons. The van der Waals surface area contributed by atoms with E-state index in [4.69, 9.17) is 9.84 Å². The van der Waals surface area contributed by atoms with Gasteiger partial charge in [0, 0.05) is 61.0 Å². The van der Waals surface area contributed by atoms with Gasteiger partial charge in [0.1, 0.15) is 6.61 Å². The molecule has 0 unspecified atom stereocenters. The monoisotopic (exact) mass is 391 g/mol. The third-order valence-corrected chi connectivity index (χ3v) is 6.08. The minimum atomic E-state index is -0.120. The number of morpholine rings is 1. The lowest BCUT2D eigenvalue weighted by Gasteiger charge is -2.36. The molecule has 7 heteroatoms. The van der Waals surface area contributed by atoms with Gasteiger partial charge in [0.25, 0.3) is 0 Å². The predicted octanol–water partition coefficient (Wildman–Crippen LogP) is 0.847. The smallest absolute Gasteiger partial charge is 0.224 e. The summed E-state index contributed by atoms with van der Waals surface area (Å²) < 4.78 is 5.67. The van der Waals surface area contributed by atoms with Gasteiger partial charge < -0.3 is 19.6 Å². The number of hydrogen-bond donors (Lipinski definition) is 1. The van der Waals surface area contributed by atoms with E-state index in [1.54, 1.807) is 11.3 Å². The van der Waals surface area contributed by atoms with E-state index < -0.39 is 0 Å². The summed E-state index contributed by atoms with van der Waals surface area (Å²) in [5.74, 6) is 5.88. The van der Waals surface area contributed by atoms with Gasteiger partial charge in [-0.25, -0.2) is 0 Å². The molecule has 0 aliphatic carbocycles. The molecule has 1 amide bonds. The van der Waals surface area contributed by atoms with Crippen molar-refractivity contribution in [1.29, 1.82) is 0 Å². The lowest BCUT2D eigenvalue weighted by atomic mass is 10.1. The second kappa shape index (κ2) is 10.2. The molecule has 3 heterocycles. The molecule has 1 atom stereocenters. The number of hydrogen-bond acceptors (Lipinski definition) is 6. The maximum Gasteiger partial charge on any atom is 0.224 e. The fourth-order valence-electron chi connectivity index (χ4n) is 3.58. The number of carbonyl (C=O) groups excluding carboxylic acids is 1. The number of likely N-dealkylation sites (N-methyl/N-ethyl adjacent to an activating group) is 1. The number of carbonyl (C=O) groups is 1. The van der Waals surface area contributed by atoms with Crippen LogP contribution in [0.3, 0.4) is 0 Å². The fraction of sp³-hybridized carbons (Fsp3) is 0.650. The van der Waals surface area contributed by atoms with Crippen molar-refractivity contribution in [3.05, 3.63) is 21.9 Å². The number of rotatable bonds is 4. The van der Waals surface area contributed by atoms with Crippen LogP contribution in [0, 0.1) is 11.8 Å². The molecule has 27 heavy (non-hydrogen) atoms. The molecular formula is C20H29N3O3S. The second-order valence-corrected chi connectivity index (χ2v) is 8.20. The van der Waals surface area contributed by atoms with E-state index in [9.17, 15) is 4.79 Å². The zero-order valence-corrected chi connectivity index (χ0v) is 16.8. The van der Waals surface area contributed by atoms with Crippen LogP contribution in [0.1, 0.15) is 23.3 Å². The van der Waals surface area contributed by atoms with Crippen LogP contribution < -0.4 is 0 Å². The minimum Gasteiger partial charge on any atom is -0.384 e. The van der Waals surface area contributed by atoms with Crippen molar-refractivity contribution in [2.75, 3.05) is 59.6 Å². The summed E-state index contributed by atoms with van der Waals surface area (Å²) in [6, 6.07) is 2.20. The average molecular weight is 392 g/mol. The summed E-state index contributed by atoms with van der Waals surface area (Å²) in [6.07, 6.45) is 1.56. The Morgan fingerprint density at radius 2 is 2.22 bits per heavy atom. The van der Waals surface area contributed by atoms with Gasteiger partial charge in [-0.15, -0.1) is 11.3 Å². The van der Waals surface area contributed by atoms with Gasteiger partial charge in [0.15, 0.2) is 0 Å². The number of nitrogens with zero attached hydrogens (tertiary/aromatic N) is 3. The maximum atomic E-state index is 12.8. The molecule has 3 rings (SSSR count). The molecule has 2 aliphatic rings. The molecule has 2 saturated heterocycles. The summed E-state index contributed by atoms with van der Waals surface area (Å²) in [5.41, 5.74) is 0.943. The van der Waals surface area contributed by atoms with Gasteiger partial charge in [-0.2, -0.15) is 0 Å². The predicted molar refractivity (Wildman–Crippen MR) is 107 cm³/mol. The van der Waals surface area contributed by atoms with Gasteiger partial charge in [-0.1, -0.05) is 11.8 Å². The normalized spacial score (nSPS) is 22.1. The molecule has 2 aliphatic heterocycles. The van der Waals surface area contributed by atoms with Crippen molar-refractivity contribution in [1.82, 2.24) is 14.7 Å².